The predicted octanol–water partition coefficient (Wildman–Crippen LogP) is 2.52. The van der Waals surface area contributed by atoms with E-state index in [1.165, 1.54) is 5.56 Å². The first-order valence-corrected chi connectivity index (χ1v) is 7.65. The fourth-order valence-corrected chi connectivity index (χ4v) is 2.45. The van der Waals surface area contributed by atoms with E-state index >= 15 is 0 Å². The van der Waals surface area contributed by atoms with Crippen LogP contribution in [0.3, 0.4) is 0 Å². The van der Waals surface area contributed by atoms with Gasteiger partial charge in [-0.2, -0.15) is 5.26 Å². The first-order chi connectivity index (χ1) is 11.8. The second-order valence-corrected chi connectivity index (χ2v) is 5.17. The molecule has 1 heterocycles. The van der Waals surface area contributed by atoms with Gasteiger partial charge in [0.1, 0.15) is 12.7 Å². The van der Waals surface area contributed by atoms with E-state index < -0.39 is 0 Å². The Labute approximate surface area is 140 Å². The average molecular weight is 322 g/mol. The number of aliphatic imine (C=N–C) groups is 1. The van der Waals surface area contributed by atoms with Gasteiger partial charge in [0.05, 0.1) is 25.8 Å². The molecule has 1 aliphatic rings. The number of ether oxygens (including phenoxy) is 2. The second kappa shape index (κ2) is 7.38. The minimum Gasteiger partial charge on any atom is -0.493 e. The van der Waals surface area contributed by atoms with Crippen molar-refractivity contribution in [3.8, 4) is 17.6 Å². The van der Waals surface area contributed by atoms with E-state index in [1.807, 2.05) is 18.2 Å². The number of nitriles is 1. The molecule has 0 unspecified atom stereocenters. The van der Waals surface area contributed by atoms with Crippen LogP contribution < -0.4 is 20.1 Å². The number of benzene rings is 2. The van der Waals surface area contributed by atoms with Gasteiger partial charge in [-0.05, 0) is 23.8 Å². The first-order valence-electron chi connectivity index (χ1n) is 7.65. The van der Waals surface area contributed by atoms with Crippen LogP contribution in [0.4, 0.5) is 5.69 Å². The van der Waals surface area contributed by atoms with Crippen LogP contribution in [-0.2, 0) is 6.54 Å². The maximum absolute atomic E-state index is 9.16. The highest BCUT2D eigenvalue weighted by atomic mass is 16.5. The highest BCUT2D eigenvalue weighted by Crippen LogP contribution is 2.30. The van der Waals surface area contributed by atoms with Gasteiger partial charge in [0.2, 0.25) is 0 Å². The number of fused-ring (bicyclic) bond motifs is 1. The van der Waals surface area contributed by atoms with Crippen LogP contribution >= 0.6 is 0 Å². The van der Waals surface area contributed by atoms with Gasteiger partial charge in [0.25, 0.3) is 0 Å². The molecular weight excluding hydrogens is 304 g/mol. The van der Waals surface area contributed by atoms with Crippen LogP contribution in [0, 0.1) is 11.3 Å². The maximum atomic E-state index is 9.16. The molecule has 0 atom stereocenters. The fourth-order valence-electron chi connectivity index (χ4n) is 2.45. The minimum absolute atomic E-state index is 0.386. The maximum Gasteiger partial charge on any atom is 0.196 e. The number of rotatable bonds is 5. The van der Waals surface area contributed by atoms with E-state index in [0.29, 0.717) is 36.8 Å². The van der Waals surface area contributed by atoms with E-state index in [-0.39, 0.29) is 0 Å². The monoisotopic (exact) mass is 322 g/mol. The number of nitrogens with zero attached hydrogens (tertiary/aromatic N) is 2. The van der Waals surface area contributed by atoms with Gasteiger partial charge >= 0.3 is 0 Å². The lowest BCUT2D eigenvalue weighted by Gasteiger charge is -2.19. The summed E-state index contributed by atoms with van der Waals surface area (Å²) in [5.41, 5.74) is 2.69. The van der Waals surface area contributed by atoms with E-state index in [0.717, 1.165) is 11.6 Å². The third-order valence-corrected chi connectivity index (χ3v) is 3.64. The van der Waals surface area contributed by atoms with Crippen molar-refractivity contribution in [2.45, 2.75) is 6.54 Å². The summed E-state index contributed by atoms with van der Waals surface area (Å²) >= 11 is 0. The summed E-state index contributed by atoms with van der Waals surface area (Å²) in [7, 11) is 1.56. The number of hydrogen-bond donors (Lipinski definition) is 2. The zero-order chi connectivity index (χ0) is 16.8. The largest absolute Gasteiger partial charge is 0.493 e. The molecule has 6 heteroatoms. The molecule has 0 fully saturated rings. The second-order valence-electron chi connectivity index (χ2n) is 5.17. The third-order valence-electron chi connectivity index (χ3n) is 3.64. The quantitative estimate of drug-likeness (QED) is 0.827. The zero-order valence-corrected chi connectivity index (χ0v) is 13.4. The molecule has 0 saturated carbocycles. The van der Waals surface area contributed by atoms with Crippen LogP contribution in [0.15, 0.2) is 47.5 Å². The topological polar surface area (TPSA) is 78.7 Å². The Morgan fingerprint density at radius 1 is 1.25 bits per heavy atom. The first kappa shape index (κ1) is 15.7. The number of hydrogen-bond acceptors (Lipinski definition) is 6. The lowest BCUT2D eigenvalue weighted by Crippen LogP contribution is -2.35. The van der Waals surface area contributed by atoms with Gasteiger partial charge in [0.15, 0.2) is 17.5 Å². The van der Waals surface area contributed by atoms with Crippen molar-refractivity contribution < 1.29 is 9.47 Å². The molecule has 122 valence electrons. The molecule has 0 aliphatic carbocycles. The highest BCUT2D eigenvalue weighted by Gasteiger charge is 2.12. The van der Waals surface area contributed by atoms with Crippen LogP contribution in [0.5, 0.6) is 11.5 Å². The normalized spacial score (nSPS) is 12.2. The smallest absolute Gasteiger partial charge is 0.196 e. The fraction of sp³-hybridized carbons (Fsp3) is 0.222. The molecule has 6 nitrogen and oxygen atoms in total. The average Bonchev–Trinajstić information content (AvgIpc) is 2.64. The minimum atomic E-state index is 0.386. The van der Waals surface area contributed by atoms with Crippen molar-refractivity contribution in [3.63, 3.8) is 0 Å². The molecule has 24 heavy (non-hydrogen) atoms. The number of methoxy groups -OCH3 is 1. The number of anilines is 1. The van der Waals surface area contributed by atoms with Crippen LogP contribution in [0.25, 0.3) is 0 Å². The van der Waals surface area contributed by atoms with E-state index in [9.17, 15) is 0 Å². The molecule has 0 spiro atoms. The standard InChI is InChI=1S/C18H18N4O2/c1-23-16-8-4-6-13(11-19)17(16)24-10-9-20-18-21-12-14-5-2-3-7-15(14)22-18/h2-8H,9-10,12H2,1H3,(H2,20,21,22). The molecular formula is C18H18N4O2. The van der Waals surface area contributed by atoms with Crippen molar-refractivity contribution in [2.75, 3.05) is 25.6 Å². The molecule has 0 bridgehead atoms. The predicted molar refractivity (Wildman–Crippen MR) is 92.4 cm³/mol. The summed E-state index contributed by atoms with van der Waals surface area (Å²) in [6.07, 6.45) is 0. The molecule has 3 rings (SSSR count). The van der Waals surface area contributed by atoms with Crippen LogP contribution in [0.2, 0.25) is 0 Å². The third kappa shape index (κ3) is 3.41. The summed E-state index contributed by atoms with van der Waals surface area (Å²) in [6, 6.07) is 15.4. The summed E-state index contributed by atoms with van der Waals surface area (Å²) in [6.45, 7) is 1.59. The SMILES string of the molecule is COc1cccc(C#N)c1OCCNC1=NCc2ccccc2N1. The van der Waals surface area contributed by atoms with Crippen molar-refractivity contribution in [1.82, 2.24) is 5.32 Å². The van der Waals surface area contributed by atoms with E-state index in [4.69, 9.17) is 14.7 Å². The molecule has 0 amide bonds. The van der Waals surface area contributed by atoms with Crippen molar-refractivity contribution in [1.29, 1.82) is 5.26 Å². The molecule has 2 N–H and O–H groups in total. The molecule has 0 saturated heterocycles. The molecule has 2 aromatic rings. The van der Waals surface area contributed by atoms with Gasteiger partial charge in [-0.3, -0.25) is 0 Å². The molecule has 2 aromatic carbocycles. The molecule has 0 radical (unpaired) electrons. The summed E-state index contributed by atoms with van der Waals surface area (Å²) in [5, 5.41) is 15.6. The number of nitrogens with one attached hydrogen (secondary N) is 2. The lowest BCUT2D eigenvalue weighted by atomic mass is 10.1. The van der Waals surface area contributed by atoms with Crippen molar-refractivity contribution in [3.05, 3.63) is 53.6 Å². The van der Waals surface area contributed by atoms with Gasteiger partial charge in [0, 0.05) is 5.69 Å². The van der Waals surface area contributed by atoms with Crippen molar-refractivity contribution in [2.24, 2.45) is 4.99 Å². The Hall–Kier alpha value is -3.20. The summed E-state index contributed by atoms with van der Waals surface area (Å²) < 4.78 is 11.0. The Morgan fingerprint density at radius 2 is 2.12 bits per heavy atom. The van der Waals surface area contributed by atoms with Crippen molar-refractivity contribution >= 4 is 11.6 Å². The van der Waals surface area contributed by atoms with Gasteiger partial charge < -0.3 is 20.1 Å². The van der Waals surface area contributed by atoms with Gasteiger partial charge in [-0.1, -0.05) is 24.3 Å². The van der Waals surface area contributed by atoms with Crippen LogP contribution in [-0.4, -0.2) is 26.2 Å². The Kier molecular flexibility index (Phi) is 4.82. The Balaban J connectivity index is 1.54. The van der Waals surface area contributed by atoms with E-state index in [1.54, 1.807) is 25.3 Å². The zero-order valence-electron chi connectivity index (χ0n) is 13.4. The van der Waals surface area contributed by atoms with Crippen LogP contribution in [0.1, 0.15) is 11.1 Å². The molecule has 1 aliphatic heterocycles. The van der Waals surface area contributed by atoms with Gasteiger partial charge in [-0.15, -0.1) is 0 Å². The Morgan fingerprint density at radius 3 is 2.96 bits per heavy atom. The number of para-hydroxylation sites is 2. The molecule has 0 aromatic heterocycles. The van der Waals surface area contributed by atoms with Gasteiger partial charge in [-0.25, -0.2) is 4.99 Å². The number of guanidine groups is 1. The Bertz CT molecular complexity index is 796. The summed E-state index contributed by atoms with van der Waals surface area (Å²) in [4.78, 5) is 4.44. The van der Waals surface area contributed by atoms with E-state index in [2.05, 4.69) is 27.8 Å². The summed E-state index contributed by atoms with van der Waals surface area (Å²) in [5.74, 6) is 1.74. The highest BCUT2D eigenvalue weighted by molar-refractivity contribution is 5.95. The lowest BCUT2D eigenvalue weighted by molar-refractivity contribution is 0.297.